The number of rotatable bonds is 9. The number of halogens is 1. The quantitative estimate of drug-likeness (QED) is 0.687. The molecule has 0 aliphatic rings. The van der Waals surface area contributed by atoms with Crippen LogP contribution >= 0.6 is 0 Å². The molecule has 2 rings (SSSR count). The molecule has 25 heavy (non-hydrogen) atoms. The van der Waals surface area contributed by atoms with Crippen LogP contribution in [0.5, 0.6) is 5.75 Å². The van der Waals surface area contributed by atoms with E-state index < -0.39 is 11.7 Å². The largest absolute Gasteiger partial charge is 0.494 e. The fourth-order valence-electron chi connectivity index (χ4n) is 2.09. The van der Waals surface area contributed by atoms with Crippen LogP contribution in [0.3, 0.4) is 0 Å². The Balaban J connectivity index is 1.53. The maximum Gasteiger partial charge on any atom is 0.251 e. The van der Waals surface area contributed by atoms with E-state index in [4.69, 9.17) is 4.74 Å². The second-order valence-electron chi connectivity index (χ2n) is 5.41. The third-order valence-electron chi connectivity index (χ3n) is 3.42. The Morgan fingerprint density at radius 2 is 1.64 bits per heavy atom. The summed E-state index contributed by atoms with van der Waals surface area (Å²) in [5, 5.41) is 5.22. The van der Waals surface area contributed by atoms with E-state index in [9.17, 15) is 14.0 Å². The summed E-state index contributed by atoms with van der Waals surface area (Å²) in [4.78, 5) is 23.5. The molecule has 6 heteroatoms. The molecule has 0 aliphatic heterocycles. The topological polar surface area (TPSA) is 67.4 Å². The molecule has 2 aromatic rings. The molecular weight excluding hydrogens is 323 g/mol. The SMILES string of the molecule is O=C(CNC(=O)c1ccc(F)cc1)NCCCCOc1ccccc1. The molecule has 0 spiro atoms. The van der Waals surface area contributed by atoms with Crippen LogP contribution in [0.15, 0.2) is 54.6 Å². The first kappa shape index (κ1) is 18.4. The molecule has 0 heterocycles. The van der Waals surface area contributed by atoms with Crippen molar-refractivity contribution in [1.82, 2.24) is 10.6 Å². The number of carbonyl (C=O) groups excluding carboxylic acids is 2. The van der Waals surface area contributed by atoms with Gasteiger partial charge in [0.15, 0.2) is 0 Å². The summed E-state index contributed by atoms with van der Waals surface area (Å²) in [5.74, 6) is -0.258. The average Bonchev–Trinajstić information content (AvgIpc) is 2.64. The lowest BCUT2D eigenvalue weighted by atomic mass is 10.2. The van der Waals surface area contributed by atoms with Crippen molar-refractivity contribution in [3.05, 3.63) is 66.0 Å². The fraction of sp³-hybridized carbons (Fsp3) is 0.263. The normalized spacial score (nSPS) is 10.1. The molecule has 2 aromatic carbocycles. The maximum atomic E-state index is 12.8. The van der Waals surface area contributed by atoms with Gasteiger partial charge in [0, 0.05) is 12.1 Å². The van der Waals surface area contributed by atoms with Gasteiger partial charge >= 0.3 is 0 Å². The minimum atomic E-state index is -0.412. The zero-order valence-electron chi connectivity index (χ0n) is 13.8. The van der Waals surface area contributed by atoms with Gasteiger partial charge in [-0.15, -0.1) is 0 Å². The van der Waals surface area contributed by atoms with Crippen LogP contribution in [-0.2, 0) is 4.79 Å². The smallest absolute Gasteiger partial charge is 0.251 e. The van der Waals surface area contributed by atoms with Crippen molar-refractivity contribution in [3.8, 4) is 5.75 Å². The molecular formula is C19H21FN2O3. The Kier molecular flexibility index (Phi) is 7.43. The van der Waals surface area contributed by atoms with Crippen LogP contribution in [0.1, 0.15) is 23.2 Å². The molecule has 2 amide bonds. The number of amides is 2. The Hall–Kier alpha value is -2.89. The molecule has 0 fully saturated rings. The van der Waals surface area contributed by atoms with Gasteiger partial charge in [-0.1, -0.05) is 18.2 Å². The highest BCUT2D eigenvalue weighted by molar-refractivity contribution is 5.96. The molecule has 0 bridgehead atoms. The van der Waals surface area contributed by atoms with Gasteiger partial charge in [0.05, 0.1) is 13.2 Å². The van der Waals surface area contributed by atoms with E-state index >= 15 is 0 Å². The zero-order chi connectivity index (χ0) is 17.9. The molecule has 0 saturated carbocycles. The van der Waals surface area contributed by atoms with Crippen LogP contribution < -0.4 is 15.4 Å². The predicted molar refractivity (Wildman–Crippen MR) is 92.9 cm³/mol. The Morgan fingerprint density at radius 3 is 2.36 bits per heavy atom. The van der Waals surface area contributed by atoms with E-state index in [-0.39, 0.29) is 12.5 Å². The number of para-hydroxylation sites is 1. The number of hydrogen-bond donors (Lipinski definition) is 2. The number of carbonyl (C=O) groups is 2. The third kappa shape index (κ3) is 7.03. The van der Waals surface area contributed by atoms with Gasteiger partial charge in [-0.25, -0.2) is 4.39 Å². The summed E-state index contributed by atoms with van der Waals surface area (Å²) in [7, 11) is 0. The zero-order valence-corrected chi connectivity index (χ0v) is 13.8. The number of benzene rings is 2. The first-order chi connectivity index (χ1) is 12.1. The molecule has 0 aliphatic carbocycles. The second-order valence-corrected chi connectivity index (χ2v) is 5.41. The van der Waals surface area contributed by atoms with Gasteiger partial charge in [0.25, 0.3) is 5.91 Å². The fourth-order valence-corrected chi connectivity index (χ4v) is 2.09. The van der Waals surface area contributed by atoms with Crippen molar-refractivity contribution in [2.45, 2.75) is 12.8 Å². The molecule has 0 radical (unpaired) electrons. The van der Waals surface area contributed by atoms with Crippen molar-refractivity contribution >= 4 is 11.8 Å². The van der Waals surface area contributed by atoms with Crippen LogP contribution in [0.4, 0.5) is 4.39 Å². The lowest BCUT2D eigenvalue weighted by molar-refractivity contribution is -0.120. The highest BCUT2D eigenvalue weighted by atomic mass is 19.1. The van der Waals surface area contributed by atoms with E-state index in [2.05, 4.69) is 10.6 Å². The number of nitrogens with one attached hydrogen (secondary N) is 2. The average molecular weight is 344 g/mol. The van der Waals surface area contributed by atoms with Crippen molar-refractivity contribution in [2.24, 2.45) is 0 Å². The highest BCUT2D eigenvalue weighted by Crippen LogP contribution is 2.08. The summed E-state index contributed by atoms with van der Waals surface area (Å²) in [5.41, 5.74) is 0.312. The number of unbranched alkanes of at least 4 members (excludes halogenated alkanes) is 1. The molecule has 0 atom stereocenters. The van der Waals surface area contributed by atoms with Crippen LogP contribution in [0.2, 0.25) is 0 Å². The highest BCUT2D eigenvalue weighted by Gasteiger charge is 2.07. The van der Waals surface area contributed by atoms with E-state index in [1.165, 1.54) is 24.3 Å². The minimum Gasteiger partial charge on any atom is -0.494 e. The first-order valence-electron chi connectivity index (χ1n) is 8.13. The van der Waals surface area contributed by atoms with Crippen LogP contribution in [0.25, 0.3) is 0 Å². The molecule has 5 nitrogen and oxygen atoms in total. The summed E-state index contributed by atoms with van der Waals surface area (Å²) in [6, 6.07) is 14.7. The van der Waals surface area contributed by atoms with Gasteiger partial charge in [-0.2, -0.15) is 0 Å². The predicted octanol–water partition coefficient (Wildman–Crippen LogP) is 2.53. The Bertz CT molecular complexity index is 675. The third-order valence-corrected chi connectivity index (χ3v) is 3.42. The van der Waals surface area contributed by atoms with E-state index in [0.29, 0.717) is 18.7 Å². The molecule has 132 valence electrons. The number of ether oxygens (including phenoxy) is 1. The van der Waals surface area contributed by atoms with Crippen molar-refractivity contribution in [1.29, 1.82) is 0 Å². The molecule has 2 N–H and O–H groups in total. The van der Waals surface area contributed by atoms with Gasteiger partial charge in [-0.3, -0.25) is 9.59 Å². The van der Waals surface area contributed by atoms with Crippen molar-refractivity contribution < 1.29 is 18.7 Å². The first-order valence-corrected chi connectivity index (χ1v) is 8.13. The summed E-state index contributed by atoms with van der Waals surface area (Å²) >= 11 is 0. The van der Waals surface area contributed by atoms with Crippen LogP contribution in [0, 0.1) is 5.82 Å². The van der Waals surface area contributed by atoms with E-state index in [0.717, 1.165) is 18.6 Å². The monoisotopic (exact) mass is 344 g/mol. The molecule has 0 aromatic heterocycles. The summed E-state index contributed by atoms with van der Waals surface area (Å²) < 4.78 is 18.3. The summed E-state index contributed by atoms with van der Waals surface area (Å²) in [6.45, 7) is 0.987. The molecule has 0 saturated heterocycles. The standard InChI is InChI=1S/C19H21FN2O3/c20-16-10-8-15(9-11-16)19(24)22-14-18(23)21-12-4-5-13-25-17-6-2-1-3-7-17/h1-3,6-11H,4-5,12-14H2,(H,21,23)(H,22,24). The van der Waals surface area contributed by atoms with Crippen molar-refractivity contribution in [3.63, 3.8) is 0 Å². The van der Waals surface area contributed by atoms with Gasteiger partial charge in [0.2, 0.25) is 5.91 Å². The van der Waals surface area contributed by atoms with E-state index in [1.807, 2.05) is 30.3 Å². The van der Waals surface area contributed by atoms with Gasteiger partial charge in [-0.05, 0) is 49.2 Å². The number of hydrogen-bond acceptors (Lipinski definition) is 3. The Morgan fingerprint density at radius 1 is 0.920 bits per heavy atom. The second kappa shape index (κ2) is 10.1. The summed E-state index contributed by atoms with van der Waals surface area (Å²) in [6.07, 6.45) is 1.60. The van der Waals surface area contributed by atoms with Gasteiger partial charge < -0.3 is 15.4 Å². The van der Waals surface area contributed by atoms with E-state index in [1.54, 1.807) is 0 Å². The van der Waals surface area contributed by atoms with Crippen molar-refractivity contribution in [2.75, 3.05) is 19.7 Å². The molecule has 0 unspecified atom stereocenters. The lowest BCUT2D eigenvalue weighted by Crippen LogP contribution is -2.37. The Labute approximate surface area is 146 Å². The lowest BCUT2D eigenvalue weighted by Gasteiger charge is -2.08. The van der Waals surface area contributed by atoms with Gasteiger partial charge in [0.1, 0.15) is 11.6 Å². The van der Waals surface area contributed by atoms with Crippen LogP contribution in [-0.4, -0.2) is 31.5 Å². The minimum absolute atomic E-state index is 0.114. The maximum absolute atomic E-state index is 12.8.